The molecule has 1 aliphatic carbocycles. The topological polar surface area (TPSA) is 166 Å². The number of alkyl halides is 1. The molecule has 4 heterocycles. The van der Waals surface area contributed by atoms with Gasteiger partial charge < -0.3 is 25.5 Å². The Kier molecular flexibility index (Phi) is 7.36. The Bertz CT molecular complexity index is 1560. The number of aromatic nitrogens is 5. The quantitative estimate of drug-likeness (QED) is 0.232. The number of aryl methyl sites for hydroxylation is 1. The van der Waals surface area contributed by atoms with Gasteiger partial charge in [0.15, 0.2) is 0 Å². The van der Waals surface area contributed by atoms with Crippen molar-refractivity contribution in [2.24, 2.45) is 5.92 Å². The lowest BCUT2D eigenvalue weighted by Crippen LogP contribution is -2.42. The lowest BCUT2D eigenvalue weighted by molar-refractivity contribution is -0.00177. The number of amides is 1. The number of anilines is 2. The van der Waals surface area contributed by atoms with Gasteiger partial charge in [0.05, 0.1) is 52.1 Å². The molecule has 13 heteroatoms. The van der Waals surface area contributed by atoms with Crippen LogP contribution in [0.3, 0.4) is 0 Å². The Balaban J connectivity index is 1.34. The fraction of sp³-hybridized carbons (Fsp3) is 0.407. The lowest BCUT2D eigenvalue weighted by Gasteiger charge is -2.36. The highest BCUT2D eigenvalue weighted by Crippen LogP contribution is 2.33. The number of nitrogens with one attached hydrogen (secondary N) is 3. The monoisotopic (exact) mass is 547 g/mol. The summed E-state index contributed by atoms with van der Waals surface area (Å²) in [6, 6.07) is 9.75. The van der Waals surface area contributed by atoms with Crippen molar-refractivity contribution in [3.8, 4) is 17.5 Å². The molecule has 0 aromatic carbocycles. The Morgan fingerprint density at radius 1 is 1.30 bits per heavy atom. The molecule has 208 valence electrons. The molecular formula is C27H30FN9O3. The number of rotatable bonds is 10. The van der Waals surface area contributed by atoms with E-state index in [0.29, 0.717) is 47.0 Å². The number of aliphatic hydroxyl groups is 1. The first kappa shape index (κ1) is 27.0. The van der Waals surface area contributed by atoms with Crippen molar-refractivity contribution in [1.29, 1.82) is 5.26 Å². The standard InChI is InChI=1S/C27H30FN9O3/c1-15-35-36-26(40-15)32-11-16-6-18(7-16)34-21-9-22(23-5-4-19-8-17(10-29)12-33-37(19)23)30-13-20(21)25(38)31-14-24(28)27(2,3)39/h4-5,8-9,12-13,16,18,24,39H,6-7,11,14H2,1-3H3,(H,30,34)(H,31,38)(H,32,36). The van der Waals surface area contributed by atoms with Crippen molar-refractivity contribution >= 4 is 23.1 Å². The number of nitriles is 1. The third-order valence-electron chi connectivity index (χ3n) is 6.91. The SMILES string of the molecule is Cc1nnc(NCC2CC(Nc3cc(-c4ccc5cc(C#N)cnn45)ncc3C(=O)NCC(F)C(C)(C)O)C2)o1. The van der Waals surface area contributed by atoms with Gasteiger partial charge in [0.25, 0.3) is 5.91 Å². The maximum Gasteiger partial charge on any atom is 0.315 e. The summed E-state index contributed by atoms with van der Waals surface area (Å²) >= 11 is 0. The number of carbonyl (C=O) groups excluding carboxylic acids is 1. The van der Waals surface area contributed by atoms with E-state index in [4.69, 9.17) is 4.42 Å². The predicted molar refractivity (Wildman–Crippen MR) is 144 cm³/mol. The minimum atomic E-state index is -1.64. The molecule has 5 rings (SSSR count). The molecule has 1 saturated carbocycles. The molecule has 1 aliphatic rings. The predicted octanol–water partition coefficient (Wildman–Crippen LogP) is 3.10. The molecule has 1 amide bonds. The van der Waals surface area contributed by atoms with Crippen molar-refractivity contribution in [2.45, 2.75) is 51.4 Å². The molecule has 1 fully saturated rings. The first-order valence-electron chi connectivity index (χ1n) is 12.9. The van der Waals surface area contributed by atoms with Crippen LogP contribution in [-0.2, 0) is 0 Å². The molecule has 0 bridgehead atoms. The number of nitrogens with zero attached hydrogens (tertiary/aromatic N) is 6. The number of pyridine rings is 1. The summed E-state index contributed by atoms with van der Waals surface area (Å²) in [4.78, 5) is 17.6. The molecule has 0 saturated heterocycles. The van der Waals surface area contributed by atoms with Crippen LogP contribution in [0.4, 0.5) is 16.1 Å². The summed E-state index contributed by atoms with van der Waals surface area (Å²) in [5.41, 5.74) is 1.66. The van der Waals surface area contributed by atoms with Gasteiger partial charge in [0.2, 0.25) is 5.89 Å². The van der Waals surface area contributed by atoms with E-state index in [1.807, 2.05) is 12.1 Å². The van der Waals surface area contributed by atoms with Gasteiger partial charge in [-0.25, -0.2) is 8.91 Å². The fourth-order valence-electron chi connectivity index (χ4n) is 4.52. The van der Waals surface area contributed by atoms with E-state index in [9.17, 15) is 19.6 Å². The van der Waals surface area contributed by atoms with Crippen molar-refractivity contribution in [3.05, 3.63) is 53.7 Å². The third kappa shape index (κ3) is 5.86. The number of halogens is 1. The van der Waals surface area contributed by atoms with Gasteiger partial charge >= 0.3 is 6.01 Å². The normalized spacial score (nSPS) is 17.6. The Morgan fingerprint density at radius 3 is 2.80 bits per heavy atom. The zero-order chi connectivity index (χ0) is 28.4. The Hall–Kier alpha value is -4.57. The summed E-state index contributed by atoms with van der Waals surface area (Å²) < 4.78 is 21.3. The van der Waals surface area contributed by atoms with Crippen LogP contribution in [0.1, 0.15) is 48.5 Å². The minimum absolute atomic E-state index is 0.101. The van der Waals surface area contributed by atoms with E-state index in [-0.39, 0.29) is 18.2 Å². The van der Waals surface area contributed by atoms with Gasteiger partial charge in [-0.15, -0.1) is 5.10 Å². The Morgan fingerprint density at radius 2 is 2.10 bits per heavy atom. The molecule has 0 radical (unpaired) electrons. The smallest absolute Gasteiger partial charge is 0.315 e. The molecule has 4 aromatic heterocycles. The second kappa shape index (κ2) is 10.9. The van der Waals surface area contributed by atoms with E-state index in [2.05, 4.69) is 42.3 Å². The summed E-state index contributed by atoms with van der Waals surface area (Å²) in [7, 11) is 0. The summed E-state index contributed by atoms with van der Waals surface area (Å²) in [5.74, 6) is 0.359. The van der Waals surface area contributed by atoms with Crippen molar-refractivity contribution in [2.75, 3.05) is 23.7 Å². The van der Waals surface area contributed by atoms with Crippen molar-refractivity contribution < 1.29 is 18.7 Å². The largest absolute Gasteiger partial charge is 0.408 e. The van der Waals surface area contributed by atoms with Crippen LogP contribution in [0.5, 0.6) is 0 Å². The summed E-state index contributed by atoms with van der Waals surface area (Å²) in [6.07, 6.45) is 2.97. The minimum Gasteiger partial charge on any atom is -0.408 e. The number of carbonyl (C=O) groups is 1. The third-order valence-corrected chi connectivity index (χ3v) is 6.91. The molecule has 40 heavy (non-hydrogen) atoms. The maximum absolute atomic E-state index is 14.3. The van der Waals surface area contributed by atoms with Gasteiger partial charge in [-0.2, -0.15) is 10.4 Å². The molecule has 4 N–H and O–H groups in total. The van der Waals surface area contributed by atoms with Crippen LogP contribution < -0.4 is 16.0 Å². The van der Waals surface area contributed by atoms with E-state index in [0.717, 1.165) is 18.4 Å². The molecule has 1 unspecified atom stereocenters. The number of hydrogen-bond acceptors (Lipinski definition) is 10. The Labute approximate surface area is 229 Å². The average molecular weight is 548 g/mol. The highest BCUT2D eigenvalue weighted by atomic mass is 19.1. The highest BCUT2D eigenvalue weighted by Gasteiger charge is 2.31. The van der Waals surface area contributed by atoms with Crippen LogP contribution in [0, 0.1) is 24.2 Å². The molecule has 1 atom stereocenters. The molecule has 0 aliphatic heterocycles. The van der Waals surface area contributed by atoms with E-state index < -0.39 is 17.7 Å². The maximum atomic E-state index is 14.3. The van der Waals surface area contributed by atoms with Crippen molar-refractivity contribution in [3.63, 3.8) is 0 Å². The van der Waals surface area contributed by atoms with Gasteiger partial charge in [0.1, 0.15) is 12.2 Å². The highest BCUT2D eigenvalue weighted by molar-refractivity contribution is 6.00. The van der Waals surface area contributed by atoms with Crippen LogP contribution in [0.15, 0.2) is 41.1 Å². The first-order valence-corrected chi connectivity index (χ1v) is 12.9. The number of fused-ring (bicyclic) bond motifs is 1. The first-order chi connectivity index (χ1) is 19.1. The van der Waals surface area contributed by atoms with Crippen LogP contribution in [-0.4, -0.2) is 66.7 Å². The number of hydrogen-bond donors (Lipinski definition) is 4. The summed E-state index contributed by atoms with van der Waals surface area (Å²) in [6.45, 7) is 4.77. The van der Waals surface area contributed by atoms with E-state index >= 15 is 0 Å². The molecule has 12 nitrogen and oxygen atoms in total. The van der Waals surface area contributed by atoms with E-state index in [1.165, 1.54) is 26.2 Å². The molecule has 4 aromatic rings. The van der Waals surface area contributed by atoms with Gasteiger partial charge in [-0.3, -0.25) is 9.78 Å². The average Bonchev–Trinajstić information content (AvgIpc) is 3.52. The fourth-order valence-corrected chi connectivity index (χ4v) is 4.52. The lowest BCUT2D eigenvalue weighted by atomic mass is 9.80. The second-order valence-electron chi connectivity index (χ2n) is 10.5. The second-order valence-corrected chi connectivity index (χ2v) is 10.5. The van der Waals surface area contributed by atoms with Gasteiger partial charge in [0, 0.05) is 25.7 Å². The van der Waals surface area contributed by atoms with Crippen LogP contribution in [0.2, 0.25) is 0 Å². The van der Waals surface area contributed by atoms with Crippen molar-refractivity contribution in [1.82, 2.24) is 30.1 Å². The zero-order valence-electron chi connectivity index (χ0n) is 22.3. The zero-order valence-corrected chi connectivity index (χ0v) is 22.3. The van der Waals surface area contributed by atoms with Gasteiger partial charge in [-0.1, -0.05) is 5.10 Å². The molecular weight excluding hydrogens is 517 g/mol. The van der Waals surface area contributed by atoms with E-state index in [1.54, 1.807) is 23.6 Å². The molecule has 0 spiro atoms. The summed E-state index contributed by atoms with van der Waals surface area (Å²) in [5, 5.41) is 40.3. The van der Waals surface area contributed by atoms with Crippen LogP contribution >= 0.6 is 0 Å². The van der Waals surface area contributed by atoms with Crippen LogP contribution in [0.25, 0.3) is 16.9 Å². The van der Waals surface area contributed by atoms with Gasteiger partial charge in [-0.05, 0) is 56.9 Å².